The zero-order valence-corrected chi connectivity index (χ0v) is 48.1. The van der Waals surface area contributed by atoms with Gasteiger partial charge in [0.25, 0.3) is 11.7 Å². The van der Waals surface area contributed by atoms with Crippen molar-refractivity contribution in [2.45, 2.75) is 317 Å². The Morgan fingerprint density at radius 1 is 0.658 bits per heavy atom. The molecule has 0 aromatic rings. The molecule has 79 heavy (non-hydrogen) atoms. The Labute approximate surface area is 470 Å². The Bertz CT molecular complexity index is 1590. The van der Waals surface area contributed by atoms with Crippen molar-refractivity contribution in [2.24, 2.45) is 11.7 Å². The van der Waals surface area contributed by atoms with E-state index in [4.69, 9.17) is 24.7 Å². The van der Waals surface area contributed by atoms with Gasteiger partial charge in [-0.1, -0.05) is 201 Å². The lowest BCUT2D eigenvalue weighted by Gasteiger charge is -2.47. The second-order valence-corrected chi connectivity index (χ2v) is 22.7. The van der Waals surface area contributed by atoms with Gasteiger partial charge in [-0.3, -0.25) is 9.59 Å². The quantitative estimate of drug-likeness (QED) is 0.0307. The zero-order chi connectivity index (χ0) is 58.8. The number of hydrogen-bond acceptors (Lipinski definition) is 19. The van der Waals surface area contributed by atoms with E-state index in [-0.39, 0.29) is 12.8 Å². The highest BCUT2D eigenvalue weighted by Gasteiger charge is 2.57. The maximum Gasteiger partial charge on any atom is 0.364 e. The molecule has 0 spiro atoms. The Morgan fingerprint density at radius 2 is 1.14 bits per heavy atom. The van der Waals surface area contributed by atoms with Crippen molar-refractivity contribution >= 4 is 17.8 Å². The van der Waals surface area contributed by atoms with E-state index in [2.05, 4.69) is 31.4 Å². The molecule has 466 valence electrons. The number of unbranched alkanes of at least 4 members (excludes halogenated alkanes) is 24. The number of carboxylic acid groups (broad SMARTS) is 1. The Kier molecular flexibility index (Phi) is 38.5. The van der Waals surface area contributed by atoms with Crippen molar-refractivity contribution in [3.63, 3.8) is 0 Å². The summed E-state index contributed by atoms with van der Waals surface area (Å²) in [5.74, 6) is -6.16. The van der Waals surface area contributed by atoms with Crippen LogP contribution >= 0.6 is 0 Å². The SMILES string of the molecule is CCCCCCCCCCCCCCCCCCCC[C@@H](O)C(=O)NC(O[C@@H]1O[C@H](CO[C@]2(C(=O)O)C[C@H](O)[C@@H](NC(=O)CO)[C@H]([C@H](O)[C@H](O)CO)O2)[C@@H](O)[C@H](O)[C@H]1O)[C@@H](N)[C@H](O)[C@H](O)CCCCCCCCCCC(C)CC. The summed E-state index contributed by atoms with van der Waals surface area (Å²) in [5.41, 5.74) is 6.49. The van der Waals surface area contributed by atoms with E-state index in [1.54, 1.807) is 0 Å². The van der Waals surface area contributed by atoms with Crippen molar-refractivity contribution in [2.75, 3.05) is 19.8 Å². The van der Waals surface area contributed by atoms with Gasteiger partial charge < -0.3 is 96.6 Å². The van der Waals surface area contributed by atoms with Gasteiger partial charge in [0.05, 0.1) is 43.6 Å². The molecule has 2 aliphatic heterocycles. The lowest BCUT2D eigenvalue weighted by molar-refractivity contribution is -0.344. The van der Waals surface area contributed by atoms with E-state index in [9.17, 15) is 75.7 Å². The number of hydrogen-bond donors (Lipinski definition) is 15. The summed E-state index contributed by atoms with van der Waals surface area (Å²) in [6.07, 6.45) is 6.00. The van der Waals surface area contributed by atoms with E-state index in [0.29, 0.717) is 12.8 Å². The van der Waals surface area contributed by atoms with Crippen LogP contribution in [0.4, 0.5) is 0 Å². The molecule has 2 unspecified atom stereocenters. The van der Waals surface area contributed by atoms with Gasteiger partial charge in [0.2, 0.25) is 5.91 Å². The molecule has 0 radical (unpaired) electrons. The normalized spacial score (nSPS) is 26.6. The van der Waals surface area contributed by atoms with Crippen LogP contribution in [0.3, 0.4) is 0 Å². The number of carbonyl (C=O) groups is 3. The monoisotopic (exact) mass is 1140 g/mol. The molecule has 2 amide bonds. The number of nitrogens with one attached hydrogen (secondary N) is 2. The third kappa shape index (κ3) is 27.4. The molecular weight excluding hydrogens is 1030 g/mol. The van der Waals surface area contributed by atoms with Crippen LogP contribution in [0.2, 0.25) is 0 Å². The Morgan fingerprint density at radius 3 is 1.61 bits per heavy atom. The maximum absolute atomic E-state index is 13.6. The van der Waals surface area contributed by atoms with E-state index in [0.717, 1.165) is 70.1 Å². The number of rotatable bonds is 47. The second kappa shape index (κ2) is 41.7. The number of ether oxygens (including phenoxy) is 4. The molecule has 2 heterocycles. The molecule has 0 aliphatic carbocycles. The van der Waals surface area contributed by atoms with Crippen molar-refractivity contribution in [1.82, 2.24) is 10.6 Å². The van der Waals surface area contributed by atoms with E-state index < -0.39 is 142 Å². The number of amides is 2. The highest BCUT2D eigenvalue weighted by Crippen LogP contribution is 2.35. The highest BCUT2D eigenvalue weighted by atomic mass is 16.7. The first-order valence-electron chi connectivity index (χ1n) is 30.3. The fourth-order valence-electron chi connectivity index (χ4n) is 10.3. The largest absolute Gasteiger partial charge is 0.477 e. The maximum atomic E-state index is 13.6. The highest BCUT2D eigenvalue weighted by molar-refractivity contribution is 5.80. The van der Waals surface area contributed by atoms with Crippen LogP contribution in [0.1, 0.15) is 220 Å². The summed E-state index contributed by atoms with van der Waals surface area (Å²) in [7, 11) is 0. The predicted octanol–water partition coefficient (Wildman–Crippen LogP) is 3.18. The number of aliphatic hydroxyl groups is 11. The standard InChI is InChI=1S/C57H109N3O19/c1-4-6-7-8-9-10-11-12-13-14-15-16-17-18-19-24-27-30-33-40(64)53(73)60-54(45(58)47(68)39(63)32-29-26-23-21-20-22-25-28-31-38(3)5-2)78-55-51(72)50(71)49(70)43(77-55)37-76-57(56(74)75)34-41(65)46(59-44(67)36-62)52(79-57)48(69)42(66)35-61/h38-43,45-52,54-55,61-66,68-72H,4-37,58H2,1-3H3,(H,59,67)(H,60,73)(H,74,75)/t38?,39-,40-,41+,42-,43-,45+,46-,47-,48-,49-,50+,51-,52-,54?,55+,57-/m1/s1. The molecule has 16 N–H and O–H groups in total. The summed E-state index contributed by atoms with van der Waals surface area (Å²) in [6.45, 7) is 3.53. The summed E-state index contributed by atoms with van der Waals surface area (Å²) >= 11 is 0. The second-order valence-electron chi connectivity index (χ2n) is 22.7. The fraction of sp³-hybridized carbons (Fsp3) is 0.947. The van der Waals surface area contributed by atoms with Gasteiger partial charge in [-0.25, -0.2) is 4.79 Å². The van der Waals surface area contributed by atoms with Crippen LogP contribution < -0.4 is 16.4 Å². The molecule has 17 atom stereocenters. The van der Waals surface area contributed by atoms with Gasteiger partial charge in [-0.05, 0) is 18.8 Å². The molecule has 2 saturated heterocycles. The third-order valence-corrected chi connectivity index (χ3v) is 15.9. The van der Waals surface area contributed by atoms with Crippen molar-refractivity contribution in [3.05, 3.63) is 0 Å². The minimum atomic E-state index is -2.94. The van der Waals surface area contributed by atoms with Crippen molar-refractivity contribution in [3.8, 4) is 0 Å². The first-order chi connectivity index (χ1) is 37.8. The average molecular weight is 1140 g/mol. The van der Waals surface area contributed by atoms with Gasteiger partial charge >= 0.3 is 5.97 Å². The smallest absolute Gasteiger partial charge is 0.364 e. The number of aliphatic hydroxyl groups excluding tert-OH is 11. The average Bonchev–Trinajstić information content (AvgIpc) is 3.50. The third-order valence-electron chi connectivity index (χ3n) is 15.9. The van der Waals surface area contributed by atoms with Crippen LogP contribution in [-0.4, -0.2) is 196 Å². The first-order valence-corrected chi connectivity index (χ1v) is 30.3. The number of carboxylic acids is 1. The minimum absolute atomic E-state index is 0.0656. The fourth-order valence-corrected chi connectivity index (χ4v) is 10.3. The Hall–Kier alpha value is -2.23. The molecule has 0 aromatic carbocycles. The van der Waals surface area contributed by atoms with Gasteiger partial charge in [-0.15, -0.1) is 0 Å². The van der Waals surface area contributed by atoms with E-state index >= 15 is 0 Å². The summed E-state index contributed by atoms with van der Waals surface area (Å²) in [6, 6.07) is -3.31. The topological polar surface area (TPSA) is 381 Å². The van der Waals surface area contributed by atoms with Gasteiger partial charge in [0, 0.05) is 6.42 Å². The number of nitrogens with two attached hydrogens (primary N) is 1. The molecule has 0 bridgehead atoms. The molecule has 22 nitrogen and oxygen atoms in total. The first kappa shape index (κ1) is 72.9. The van der Waals surface area contributed by atoms with Crippen LogP contribution in [0.5, 0.6) is 0 Å². The molecule has 2 aliphatic rings. The van der Waals surface area contributed by atoms with Gasteiger partial charge in [0.1, 0.15) is 55.4 Å². The van der Waals surface area contributed by atoms with Crippen LogP contribution in [-0.2, 0) is 33.3 Å². The minimum Gasteiger partial charge on any atom is -0.477 e. The molecular formula is C57H109N3O19. The summed E-state index contributed by atoms with van der Waals surface area (Å²) < 4.78 is 22.9. The molecule has 0 saturated carbocycles. The summed E-state index contributed by atoms with van der Waals surface area (Å²) in [4.78, 5) is 38.5. The van der Waals surface area contributed by atoms with Crippen LogP contribution in [0.25, 0.3) is 0 Å². The predicted molar refractivity (Wildman–Crippen MR) is 295 cm³/mol. The number of aliphatic carboxylic acids is 1. The van der Waals surface area contributed by atoms with Crippen molar-refractivity contribution < 1.29 is 94.6 Å². The van der Waals surface area contributed by atoms with E-state index in [1.165, 1.54) is 103 Å². The van der Waals surface area contributed by atoms with Crippen LogP contribution in [0.15, 0.2) is 0 Å². The molecule has 2 fully saturated rings. The van der Waals surface area contributed by atoms with Gasteiger partial charge in [-0.2, -0.15) is 0 Å². The Balaban J connectivity index is 2.11. The number of carbonyl (C=O) groups excluding carboxylic acids is 2. The molecule has 2 rings (SSSR count). The lowest BCUT2D eigenvalue weighted by Crippen LogP contribution is -2.69. The van der Waals surface area contributed by atoms with Crippen molar-refractivity contribution in [1.29, 1.82) is 0 Å². The molecule has 0 aromatic heterocycles. The summed E-state index contributed by atoms with van der Waals surface area (Å²) in [5, 5.41) is 133. The lowest BCUT2D eigenvalue weighted by atomic mass is 9.88. The van der Waals surface area contributed by atoms with Crippen LogP contribution in [0, 0.1) is 5.92 Å². The van der Waals surface area contributed by atoms with Gasteiger partial charge in [0.15, 0.2) is 12.5 Å². The van der Waals surface area contributed by atoms with E-state index in [1.807, 2.05) is 0 Å². The molecule has 22 heteroatoms. The zero-order valence-electron chi connectivity index (χ0n) is 48.1.